The number of hydrogen-bond donors (Lipinski definition) is 1. The molecular weight excluding hydrogens is 324 g/mol. The van der Waals surface area contributed by atoms with Crippen LogP contribution in [0.1, 0.15) is 41.5 Å². The van der Waals surface area contributed by atoms with Crippen LogP contribution in [0.2, 0.25) is 0 Å². The normalized spacial score (nSPS) is 10.6. The lowest BCUT2D eigenvalue weighted by Gasteiger charge is -2.10. The second kappa shape index (κ2) is 12.4. The molecule has 0 radical (unpaired) electrons. The highest BCUT2D eigenvalue weighted by atomic mass is 32.2. The summed E-state index contributed by atoms with van der Waals surface area (Å²) in [6, 6.07) is 13.0. The Balaban J connectivity index is 0.00000123. The molecule has 0 aliphatic rings. The standard InChI is InChI=1S/C15H16O4S.2C2H6/c1-11(2)18-13-5-7-14(8-6-13)19-20(17)15-9-3-12(16)4-10-15;2*1-2/h3-11,16H,1-2H3;2*1-2H3. The van der Waals surface area contributed by atoms with E-state index in [2.05, 4.69) is 0 Å². The van der Waals surface area contributed by atoms with Crippen molar-refractivity contribution >= 4 is 11.1 Å². The minimum atomic E-state index is -1.61. The van der Waals surface area contributed by atoms with Gasteiger partial charge >= 0.3 is 0 Å². The quantitative estimate of drug-likeness (QED) is 0.790. The van der Waals surface area contributed by atoms with Crippen LogP contribution in [-0.4, -0.2) is 15.4 Å². The summed E-state index contributed by atoms with van der Waals surface area (Å²) in [5.41, 5.74) is 0. The number of rotatable bonds is 5. The molecule has 0 amide bonds. The van der Waals surface area contributed by atoms with E-state index in [0.29, 0.717) is 10.6 Å². The third kappa shape index (κ3) is 8.02. The molecular formula is C19H28O4S. The molecule has 0 aromatic heterocycles. The van der Waals surface area contributed by atoms with Gasteiger partial charge in [-0.2, -0.15) is 0 Å². The molecule has 4 nitrogen and oxygen atoms in total. The zero-order chi connectivity index (χ0) is 18.5. The van der Waals surface area contributed by atoms with Crippen molar-refractivity contribution in [1.29, 1.82) is 0 Å². The number of benzene rings is 2. The lowest BCUT2D eigenvalue weighted by molar-refractivity contribution is 0.242. The summed E-state index contributed by atoms with van der Waals surface area (Å²) >= 11 is -1.61. The van der Waals surface area contributed by atoms with Gasteiger partial charge in [0.1, 0.15) is 17.2 Å². The van der Waals surface area contributed by atoms with Gasteiger partial charge in [-0.15, -0.1) is 0 Å². The molecule has 0 saturated carbocycles. The first kappa shape index (κ1) is 22.0. The first-order chi connectivity index (χ1) is 11.5. The van der Waals surface area contributed by atoms with Gasteiger partial charge in [-0.05, 0) is 62.4 Å². The van der Waals surface area contributed by atoms with E-state index in [-0.39, 0.29) is 11.9 Å². The molecule has 0 bridgehead atoms. The largest absolute Gasteiger partial charge is 0.508 e. The third-order valence-electron chi connectivity index (χ3n) is 2.40. The van der Waals surface area contributed by atoms with E-state index < -0.39 is 11.1 Å². The second-order valence-corrected chi connectivity index (χ2v) is 5.56. The predicted molar refractivity (Wildman–Crippen MR) is 100 cm³/mol. The second-order valence-electron chi connectivity index (χ2n) is 4.45. The molecule has 24 heavy (non-hydrogen) atoms. The summed E-state index contributed by atoms with van der Waals surface area (Å²) in [4.78, 5) is 0.491. The first-order valence-electron chi connectivity index (χ1n) is 8.20. The minimum absolute atomic E-state index is 0.105. The summed E-state index contributed by atoms with van der Waals surface area (Å²) in [6.45, 7) is 11.9. The van der Waals surface area contributed by atoms with Crippen LogP contribution in [0.25, 0.3) is 0 Å². The van der Waals surface area contributed by atoms with Crippen molar-refractivity contribution in [3.05, 3.63) is 48.5 Å². The molecule has 0 heterocycles. The molecule has 1 atom stereocenters. The maximum atomic E-state index is 12.0. The van der Waals surface area contributed by atoms with E-state index in [9.17, 15) is 9.32 Å². The Morgan fingerprint density at radius 1 is 0.833 bits per heavy atom. The molecule has 0 saturated heterocycles. The fourth-order valence-corrected chi connectivity index (χ4v) is 2.28. The van der Waals surface area contributed by atoms with Crippen molar-refractivity contribution in [2.45, 2.75) is 52.5 Å². The summed E-state index contributed by atoms with van der Waals surface area (Å²) < 4.78 is 22.8. The van der Waals surface area contributed by atoms with Gasteiger partial charge in [-0.3, -0.25) is 0 Å². The van der Waals surface area contributed by atoms with Crippen LogP contribution in [0, 0.1) is 0 Å². The van der Waals surface area contributed by atoms with Crippen LogP contribution >= 0.6 is 0 Å². The molecule has 0 aliphatic carbocycles. The van der Waals surface area contributed by atoms with Gasteiger partial charge in [0.2, 0.25) is 11.1 Å². The highest BCUT2D eigenvalue weighted by Crippen LogP contribution is 2.21. The fraction of sp³-hybridized carbons (Fsp3) is 0.368. The molecule has 5 heteroatoms. The number of hydrogen-bond acceptors (Lipinski definition) is 4. The Kier molecular flexibility index (Phi) is 11.4. The number of aromatic hydroxyl groups is 1. The third-order valence-corrected chi connectivity index (χ3v) is 3.40. The van der Waals surface area contributed by atoms with Crippen molar-refractivity contribution in [2.75, 3.05) is 0 Å². The topological polar surface area (TPSA) is 55.8 Å². The highest BCUT2D eigenvalue weighted by molar-refractivity contribution is 7.80. The van der Waals surface area contributed by atoms with E-state index >= 15 is 0 Å². The molecule has 1 N–H and O–H groups in total. The monoisotopic (exact) mass is 352 g/mol. The van der Waals surface area contributed by atoms with Gasteiger partial charge in [0.15, 0.2) is 0 Å². The smallest absolute Gasteiger partial charge is 0.240 e. The summed E-state index contributed by atoms with van der Waals surface area (Å²) in [5.74, 6) is 1.36. The Morgan fingerprint density at radius 2 is 1.29 bits per heavy atom. The molecule has 2 aromatic carbocycles. The summed E-state index contributed by atoms with van der Waals surface area (Å²) in [6.07, 6.45) is 0.105. The van der Waals surface area contributed by atoms with Crippen LogP contribution in [0.3, 0.4) is 0 Å². The predicted octanol–water partition coefficient (Wildman–Crippen LogP) is 5.33. The van der Waals surface area contributed by atoms with Crippen molar-refractivity contribution in [2.24, 2.45) is 0 Å². The van der Waals surface area contributed by atoms with E-state index in [0.717, 1.165) is 5.75 Å². The van der Waals surface area contributed by atoms with Crippen molar-refractivity contribution < 1.29 is 18.2 Å². The Labute approximate surface area is 148 Å². The lowest BCUT2D eigenvalue weighted by Crippen LogP contribution is -2.05. The molecule has 0 aliphatic heterocycles. The van der Waals surface area contributed by atoms with Gasteiger partial charge in [-0.25, -0.2) is 4.21 Å². The van der Waals surface area contributed by atoms with Crippen LogP contribution in [-0.2, 0) is 11.1 Å². The van der Waals surface area contributed by atoms with Crippen molar-refractivity contribution in [1.82, 2.24) is 0 Å². The molecule has 1 unspecified atom stereocenters. The van der Waals surface area contributed by atoms with Crippen LogP contribution in [0.5, 0.6) is 17.2 Å². The van der Waals surface area contributed by atoms with E-state index in [1.807, 2.05) is 41.5 Å². The van der Waals surface area contributed by atoms with E-state index in [1.165, 1.54) is 12.1 Å². The zero-order valence-corrected chi connectivity index (χ0v) is 16.1. The van der Waals surface area contributed by atoms with Crippen molar-refractivity contribution in [3.8, 4) is 17.2 Å². The van der Waals surface area contributed by atoms with E-state index in [1.54, 1.807) is 36.4 Å². The van der Waals surface area contributed by atoms with Gasteiger partial charge in [0.05, 0.1) is 11.0 Å². The van der Waals surface area contributed by atoms with Crippen LogP contribution < -0.4 is 8.92 Å². The van der Waals surface area contributed by atoms with Gasteiger partial charge < -0.3 is 14.0 Å². The average molecular weight is 352 g/mol. The van der Waals surface area contributed by atoms with Gasteiger partial charge in [-0.1, -0.05) is 27.7 Å². The Bertz CT molecular complexity index is 577. The van der Waals surface area contributed by atoms with Gasteiger partial charge in [0, 0.05) is 0 Å². The van der Waals surface area contributed by atoms with Gasteiger partial charge in [0.25, 0.3) is 0 Å². The SMILES string of the molecule is CC.CC.CC(C)Oc1ccc(OS(=O)c2ccc(O)cc2)cc1. The average Bonchev–Trinajstić information content (AvgIpc) is 2.60. The Hall–Kier alpha value is -2.01. The molecule has 134 valence electrons. The fourth-order valence-electron chi connectivity index (χ4n) is 1.54. The number of phenolic OH excluding ortho intramolecular Hbond substituents is 1. The zero-order valence-electron chi connectivity index (χ0n) is 15.3. The molecule has 2 aromatic rings. The maximum absolute atomic E-state index is 12.0. The Morgan fingerprint density at radius 3 is 1.75 bits per heavy atom. The van der Waals surface area contributed by atoms with Crippen LogP contribution in [0.15, 0.2) is 53.4 Å². The highest BCUT2D eigenvalue weighted by Gasteiger charge is 2.07. The van der Waals surface area contributed by atoms with E-state index in [4.69, 9.17) is 8.92 Å². The maximum Gasteiger partial charge on any atom is 0.240 e. The first-order valence-corrected chi connectivity index (χ1v) is 9.28. The lowest BCUT2D eigenvalue weighted by atomic mass is 10.3. The number of phenols is 1. The number of ether oxygens (including phenoxy) is 1. The van der Waals surface area contributed by atoms with Crippen molar-refractivity contribution in [3.63, 3.8) is 0 Å². The van der Waals surface area contributed by atoms with Crippen LogP contribution in [0.4, 0.5) is 0 Å². The summed E-state index contributed by atoms with van der Waals surface area (Å²) in [7, 11) is 0. The summed E-state index contributed by atoms with van der Waals surface area (Å²) in [5, 5.41) is 9.18. The molecule has 0 spiro atoms. The molecule has 2 rings (SSSR count). The molecule has 0 fully saturated rings. The minimum Gasteiger partial charge on any atom is -0.508 e.